The summed E-state index contributed by atoms with van der Waals surface area (Å²) in [6.45, 7) is 0. The SMILES string of the molecule is O=[PH](O)O.[SrH2]. The summed E-state index contributed by atoms with van der Waals surface area (Å²) in [5, 5.41) is 0. The molecule has 0 unspecified atom stereocenters. The molecule has 0 radical (unpaired) electrons. The number of hydrogen-bond acceptors (Lipinski definition) is 1. The van der Waals surface area contributed by atoms with Gasteiger partial charge < -0.3 is 9.79 Å². The zero-order valence-electron chi connectivity index (χ0n) is 1.80. The molecule has 0 aliphatic rings. The Morgan fingerprint density at radius 3 is 1.40 bits per heavy atom. The third kappa shape index (κ3) is 27.9. The van der Waals surface area contributed by atoms with Gasteiger partial charge in [0.25, 0.3) is 0 Å². The second-order valence-electron chi connectivity index (χ2n) is 0.283. The fraction of sp³-hybridized carbons (Fsp3) is 0. The Balaban J connectivity index is 0. The van der Waals surface area contributed by atoms with Crippen LogP contribution in [-0.4, -0.2) is 55.3 Å². The van der Waals surface area contributed by atoms with Crippen LogP contribution in [0, 0.1) is 0 Å². The van der Waals surface area contributed by atoms with Crippen molar-refractivity contribution in [3.05, 3.63) is 0 Å². The summed E-state index contributed by atoms with van der Waals surface area (Å²) in [5.74, 6) is 0. The normalized spacial score (nSPS) is 7.00. The minimum atomic E-state index is -3.13. The molecule has 5 heteroatoms. The van der Waals surface area contributed by atoms with Gasteiger partial charge in [0.2, 0.25) is 0 Å². The molecule has 0 saturated carbocycles. The van der Waals surface area contributed by atoms with Gasteiger partial charge in [-0.25, -0.2) is 0 Å². The molecule has 3 nitrogen and oxygen atoms in total. The molecular formula is H5O3PSr. The predicted molar refractivity (Wildman–Crippen MR) is 22.0 cm³/mol. The molecule has 0 aromatic heterocycles. The molecule has 0 aliphatic heterocycles. The van der Waals surface area contributed by atoms with Gasteiger partial charge in [0.15, 0.2) is 0 Å². The quantitative estimate of drug-likeness (QED) is 0.343. The van der Waals surface area contributed by atoms with Gasteiger partial charge in [-0.1, -0.05) is 0 Å². The summed E-state index contributed by atoms with van der Waals surface area (Å²) in [7, 11) is -3.13. The number of rotatable bonds is 0. The third-order valence-electron chi connectivity index (χ3n) is 0. The van der Waals surface area contributed by atoms with Crippen LogP contribution < -0.4 is 0 Å². The average molecular weight is 172 g/mol. The van der Waals surface area contributed by atoms with Crippen LogP contribution in [0.3, 0.4) is 0 Å². The van der Waals surface area contributed by atoms with Crippen molar-refractivity contribution in [1.29, 1.82) is 0 Å². The second kappa shape index (κ2) is 5.63. The van der Waals surface area contributed by atoms with E-state index in [1.54, 1.807) is 0 Å². The topological polar surface area (TPSA) is 57.5 Å². The summed E-state index contributed by atoms with van der Waals surface area (Å²) < 4.78 is 8.74. The molecule has 0 atom stereocenters. The molecule has 0 aromatic carbocycles. The standard InChI is InChI=1S/H3O3P.Sr.2H/c1-4(2)3;;;/h4H,(H2,1,2,3);;;. The van der Waals surface area contributed by atoms with Crippen LogP contribution in [0.25, 0.3) is 0 Å². The molecule has 0 amide bonds. The van der Waals surface area contributed by atoms with Crippen molar-refractivity contribution < 1.29 is 14.4 Å². The molecule has 0 spiro atoms. The van der Waals surface area contributed by atoms with Crippen molar-refractivity contribution in [3.8, 4) is 0 Å². The monoisotopic (exact) mass is 172 g/mol. The van der Waals surface area contributed by atoms with E-state index in [1.807, 2.05) is 0 Å². The number of hydrogen-bond donors (Lipinski definition) is 2. The predicted octanol–water partition coefficient (Wildman–Crippen LogP) is -1.56. The van der Waals surface area contributed by atoms with Crippen molar-refractivity contribution in [2.75, 3.05) is 0 Å². The molecule has 0 bridgehead atoms. The first kappa shape index (κ1) is 9.80. The van der Waals surface area contributed by atoms with Gasteiger partial charge in [0.05, 0.1) is 0 Å². The first-order chi connectivity index (χ1) is 1.73. The summed E-state index contributed by atoms with van der Waals surface area (Å²) in [4.78, 5) is 14.3. The van der Waals surface area contributed by atoms with Crippen molar-refractivity contribution in [2.24, 2.45) is 0 Å². The zero-order chi connectivity index (χ0) is 3.58. The minimum absolute atomic E-state index is 0. The molecule has 0 rings (SSSR count). The molecule has 30 valence electrons. The van der Waals surface area contributed by atoms with Crippen LogP contribution in [0.1, 0.15) is 0 Å². The molecule has 5 heavy (non-hydrogen) atoms. The van der Waals surface area contributed by atoms with Crippen LogP contribution in [0.2, 0.25) is 0 Å². The Kier molecular flexibility index (Phi) is 11.0. The van der Waals surface area contributed by atoms with Gasteiger partial charge >= 0.3 is 53.7 Å². The Labute approximate surface area is 67.2 Å². The molecule has 0 fully saturated rings. The third-order valence-corrected chi connectivity index (χ3v) is 0. The van der Waals surface area contributed by atoms with E-state index in [0.717, 1.165) is 0 Å². The van der Waals surface area contributed by atoms with Crippen molar-refractivity contribution in [3.63, 3.8) is 0 Å². The van der Waals surface area contributed by atoms with E-state index in [1.165, 1.54) is 0 Å². The summed E-state index contributed by atoms with van der Waals surface area (Å²) in [6, 6.07) is 0. The van der Waals surface area contributed by atoms with Crippen molar-refractivity contribution in [2.45, 2.75) is 0 Å². The van der Waals surface area contributed by atoms with Crippen LogP contribution in [0.15, 0.2) is 0 Å². The van der Waals surface area contributed by atoms with E-state index in [0.29, 0.717) is 0 Å². The van der Waals surface area contributed by atoms with Gasteiger partial charge in [-0.3, -0.25) is 4.57 Å². The van der Waals surface area contributed by atoms with E-state index < -0.39 is 8.25 Å². The Bertz CT molecular complexity index is 29.9. The van der Waals surface area contributed by atoms with Crippen LogP contribution in [0.4, 0.5) is 0 Å². The molecular weight excluding hydrogens is 167 g/mol. The van der Waals surface area contributed by atoms with E-state index in [2.05, 4.69) is 0 Å². The maximum atomic E-state index is 8.74. The van der Waals surface area contributed by atoms with Crippen LogP contribution >= 0.6 is 8.25 Å². The van der Waals surface area contributed by atoms with Gasteiger partial charge in [0.1, 0.15) is 0 Å². The van der Waals surface area contributed by atoms with Crippen LogP contribution in [0.5, 0.6) is 0 Å². The van der Waals surface area contributed by atoms with E-state index >= 15 is 0 Å². The molecule has 0 heterocycles. The summed E-state index contributed by atoms with van der Waals surface area (Å²) in [5.41, 5.74) is 0. The summed E-state index contributed by atoms with van der Waals surface area (Å²) >= 11 is 0. The first-order valence-electron chi connectivity index (χ1n) is 0.651. The van der Waals surface area contributed by atoms with E-state index in [-0.39, 0.29) is 45.5 Å². The van der Waals surface area contributed by atoms with Gasteiger partial charge in [-0.05, 0) is 0 Å². The Morgan fingerprint density at radius 2 is 1.40 bits per heavy atom. The Morgan fingerprint density at radius 1 is 1.40 bits per heavy atom. The fourth-order valence-electron chi connectivity index (χ4n) is 0. The zero-order valence-corrected chi connectivity index (χ0v) is 2.80. The molecule has 0 aromatic rings. The van der Waals surface area contributed by atoms with E-state index in [9.17, 15) is 0 Å². The van der Waals surface area contributed by atoms with Gasteiger partial charge in [-0.2, -0.15) is 0 Å². The molecule has 0 aliphatic carbocycles. The fourth-order valence-corrected chi connectivity index (χ4v) is 0. The summed E-state index contributed by atoms with van der Waals surface area (Å²) in [6.07, 6.45) is 0. The molecule has 0 saturated heterocycles. The maximum absolute atomic E-state index is 8.74. The van der Waals surface area contributed by atoms with Gasteiger partial charge in [0, 0.05) is 0 Å². The first-order valence-corrected chi connectivity index (χ1v) is 1.95. The van der Waals surface area contributed by atoms with Crippen molar-refractivity contribution in [1.82, 2.24) is 0 Å². The van der Waals surface area contributed by atoms with Crippen LogP contribution in [-0.2, 0) is 4.57 Å². The average Bonchev–Trinajstić information content (AvgIpc) is 0.811. The second-order valence-corrected chi connectivity index (χ2v) is 0.848. The Hall–Kier alpha value is 1.63. The van der Waals surface area contributed by atoms with E-state index in [4.69, 9.17) is 14.4 Å². The van der Waals surface area contributed by atoms with Crippen molar-refractivity contribution >= 4 is 53.7 Å². The molecule has 2 N–H and O–H groups in total. The van der Waals surface area contributed by atoms with Gasteiger partial charge in [-0.15, -0.1) is 0 Å².